The van der Waals surface area contributed by atoms with Gasteiger partial charge in [0.25, 0.3) is 0 Å². The number of nitrogens with two attached hydrogens (primary N) is 1. The molecular formula is C15H29N3O5P+. The molecule has 0 aliphatic carbocycles. The normalized spacial score (nSPS) is 18.7. The van der Waals surface area contributed by atoms with Crippen molar-refractivity contribution in [1.82, 2.24) is 9.99 Å². The van der Waals surface area contributed by atoms with Crippen LogP contribution in [0.15, 0.2) is 0 Å². The quantitative estimate of drug-likeness (QED) is 0.336. The number of carboxylic acid groups (broad SMARTS) is 1. The van der Waals surface area contributed by atoms with Gasteiger partial charge in [0, 0.05) is 6.54 Å². The molecule has 24 heavy (non-hydrogen) atoms. The average molecular weight is 362 g/mol. The van der Waals surface area contributed by atoms with Crippen LogP contribution in [-0.4, -0.2) is 54.2 Å². The van der Waals surface area contributed by atoms with Crippen molar-refractivity contribution in [3.8, 4) is 0 Å². The molecule has 1 aliphatic heterocycles. The minimum absolute atomic E-state index is 0.321. The van der Waals surface area contributed by atoms with Crippen LogP contribution in [0.5, 0.6) is 0 Å². The zero-order chi connectivity index (χ0) is 17.8. The van der Waals surface area contributed by atoms with E-state index in [1.54, 1.807) is 0 Å². The number of nitrogens with zero attached hydrogens (tertiary/aromatic N) is 1. The molecule has 0 radical (unpaired) electrons. The Morgan fingerprint density at radius 3 is 2.62 bits per heavy atom. The van der Waals surface area contributed by atoms with Crippen molar-refractivity contribution in [3.63, 3.8) is 0 Å². The molecule has 0 spiro atoms. The number of hydrogen-bond donors (Lipinski definition) is 3. The number of hydrogen-bond acceptors (Lipinski definition) is 5. The molecule has 0 aromatic carbocycles. The second-order valence-electron chi connectivity index (χ2n) is 5.98. The lowest BCUT2D eigenvalue weighted by atomic mass is 10.1. The first-order chi connectivity index (χ1) is 11.5. The summed E-state index contributed by atoms with van der Waals surface area (Å²) in [6.45, 7) is 1.22. The number of unbranched alkanes of at least 4 members (excludes halogenated alkanes) is 5. The molecule has 8 nitrogen and oxygen atoms in total. The Hall–Kier alpha value is -1.08. The summed E-state index contributed by atoms with van der Waals surface area (Å²) in [6.07, 6.45) is 7.53. The summed E-state index contributed by atoms with van der Waals surface area (Å²) in [5, 5.41) is 11.5. The van der Waals surface area contributed by atoms with Crippen LogP contribution in [0.4, 0.5) is 0 Å². The van der Waals surface area contributed by atoms with Gasteiger partial charge >= 0.3 is 14.1 Å². The molecule has 4 N–H and O–H groups in total. The smallest absolute Gasteiger partial charge is 0.480 e. The zero-order valence-electron chi connectivity index (χ0n) is 14.1. The van der Waals surface area contributed by atoms with Crippen molar-refractivity contribution in [1.29, 1.82) is 0 Å². The molecule has 138 valence electrons. The van der Waals surface area contributed by atoms with Crippen LogP contribution in [0.1, 0.15) is 51.4 Å². The van der Waals surface area contributed by atoms with E-state index >= 15 is 0 Å². The van der Waals surface area contributed by atoms with E-state index in [1.807, 2.05) is 0 Å². The second-order valence-corrected chi connectivity index (χ2v) is 7.01. The maximum absolute atomic E-state index is 12.1. The third-order valence-electron chi connectivity index (χ3n) is 3.92. The number of carbonyl (C=O) groups excluding carboxylic acids is 1. The maximum atomic E-state index is 12.1. The lowest BCUT2D eigenvalue weighted by molar-refractivity contribution is -0.146. The summed E-state index contributed by atoms with van der Waals surface area (Å²) < 4.78 is 17.1. The Morgan fingerprint density at radius 2 is 1.96 bits per heavy atom. The average Bonchev–Trinajstić information content (AvgIpc) is 2.53. The van der Waals surface area contributed by atoms with Crippen LogP contribution < -0.4 is 10.8 Å². The molecule has 9 heteroatoms. The monoisotopic (exact) mass is 362 g/mol. The van der Waals surface area contributed by atoms with Gasteiger partial charge in [0.05, 0.1) is 0 Å². The minimum atomic E-state index is -2.11. The van der Waals surface area contributed by atoms with E-state index in [9.17, 15) is 14.2 Å². The van der Waals surface area contributed by atoms with E-state index in [2.05, 4.69) is 5.09 Å². The van der Waals surface area contributed by atoms with Crippen LogP contribution in [0.3, 0.4) is 0 Å². The van der Waals surface area contributed by atoms with E-state index < -0.39 is 20.2 Å². The molecule has 0 aromatic rings. The van der Waals surface area contributed by atoms with Gasteiger partial charge in [-0.15, -0.1) is 4.52 Å². The molecular weight excluding hydrogens is 333 g/mol. The van der Waals surface area contributed by atoms with Crippen molar-refractivity contribution in [2.45, 2.75) is 57.4 Å². The van der Waals surface area contributed by atoms with E-state index in [4.69, 9.17) is 15.4 Å². The standard InChI is InChI=1S/C15H28N3O5P/c16-9-5-3-1-2-4-6-11-23-24(22)17-13-8-7-10-18(15(13)21)12-14(19)20/h13H,1-12,16H2,(H-,17,19,20,22)/p+1/t13-/m0/s1. The fourth-order valence-corrected chi connectivity index (χ4v) is 3.51. The summed E-state index contributed by atoms with van der Waals surface area (Å²) in [4.78, 5) is 24.1. The van der Waals surface area contributed by atoms with Crippen molar-refractivity contribution in [2.75, 3.05) is 26.2 Å². The summed E-state index contributed by atoms with van der Waals surface area (Å²) >= 11 is 0. The lowest BCUT2D eigenvalue weighted by Crippen LogP contribution is -2.50. The van der Waals surface area contributed by atoms with Crippen molar-refractivity contribution >= 4 is 20.1 Å². The van der Waals surface area contributed by atoms with Crippen LogP contribution in [0, 0.1) is 0 Å². The maximum Gasteiger partial charge on any atom is 0.613 e. The molecule has 2 atom stereocenters. The highest BCUT2D eigenvalue weighted by molar-refractivity contribution is 7.36. The first-order valence-corrected chi connectivity index (χ1v) is 9.79. The number of likely N-dealkylation sites (tertiary alicyclic amines) is 1. The van der Waals surface area contributed by atoms with Gasteiger partial charge in [-0.25, -0.2) is 0 Å². The first-order valence-electron chi connectivity index (χ1n) is 8.61. The third kappa shape index (κ3) is 8.68. The molecule has 1 fully saturated rings. The van der Waals surface area contributed by atoms with Crippen molar-refractivity contribution < 1.29 is 23.8 Å². The molecule has 1 amide bonds. The van der Waals surface area contributed by atoms with E-state index in [0.29, 0.717) is 26.0 Å². The molecule has 0 aromatic heterocycles. The fraction of sp³-hybridized carbons (Fsp3) is 0.867. The van der Waals surface area contributed by atoms with Gasteiger partial charge in [-0.2, -0.15) is 0 Å². The molecule has 1 aliphatic rings. The first kappa shape index (κ1) is 21.0. The van der Waals surface area contributed by atoms with E-state index in [-0.39, 0.29) is 12.5 Å². The molecule has 1 heterocycles. The molecule has 1 unspecified atom stereocenters. The van der Waals surface area contributed by atoms with Gasteiger partial charge in [0.15, 0.2) is 0 Å². The predicted octanol–water partition coefficient (Wildman–Crippen LogP) is 1.62. The fourth-order valence-electron chi connectivity index (χ4n) is 2.65. The van der Waals surface area contributed by atoms with Gasteiger partial charge in [-0.3, -0.25) is 9.59 Å². The van der Waals surface area contributed by atoms with Crippen molar-refractivity contribution in [3.05, 3.63) is 0 Å². The Labute approximate surface area is 144 Å². The SMILES string of the molecule is NCCCCCCCCO[P+](=O)N[C@H]1CCCN(CC(=O)O)C1=O. The Kier molecular flexibility index (Phi) is 10.7. The second kappa shape index (κ2) is 12.3. The summed E-state index contributed by atoms with van der Waals surface area (Å²) in [5.41, 5.74) is 5.43. The number of carbonyl (C=O) groups is 2. The summed E-state index contributed by atoms with van der Waals surface area (Å²) in [6, 6.07) is -0.627. The number of aliphatic carboxylic acids is 1. The van der Waals surface area contributed by atoms with Gasteiger partial charge in [0.1, 0.15) is 19.2 Å². The van der Waals surface area contributed by atoms with Crippen LogP contribution in [-0.2, 0) is 18.7 Å². The molecule has 0 saturated carbocycles. The largest absolute Gasteiger partial charge is 0.613 e. The molecule has 0 bridgehead atoms. The number of amides is 1. The number of piperidine rings is 1. The highest BCUT2D eigenvalue weighted by Crippen LogP contribution is 2.22. The highest BCUT2D eigenvalue weighted by Gasteiger charge is 2.35. The van der Waals surface area contributed by atoms with Crippen LogP contribution >= 0.6 is 8.18 Å². The van der Waals surface area contributed by atoms with Gasteiger partial charge < -0.3 is 15.7 Å². The number of nitrogens with one attached hydrogen (secondary N) is 1. The summed E-state index contributed by atoms with van der Waals surface area (Å²) in [5.74, 6) is -1.37. The third-order valence-corrected chi connectivity index (χ3v) is 4.86. The Balaban J connectivity index is 2.15. The predicted molar refractivity (Wildman–Crippen MR) is 90.7 cm³/mol. The van der Waals surface area contributed by atoms with Gasteiger partial charge in [-0.1, -0.05) is 30.8 Å². The lowest BCUT2D eigenvalue weighted by Gasteiger charge is -2.28. The zero-order valence-corrected chi connectivity index (χ0v) is 15.0. The Morgan fingerprint density at radius 1 is 1.29 bits per heavy atom. The van der Waals surface area contributed by atoms with Gasteiger partial charge in [-0.05, 0) is 36.8 Å². The van der Waals surface area contributed by atoms with Gasteiger partial charge in [0.2, 0.25) is 5.91 Å². The Bertz CT molecular complexity index is 422. The topological polar surface area (TPSA) is 122 Å². The number of carboxylic acids is 1. The number of rotatable bonds is 13. The highest BCUT2D eigenvalue weighted by atomic mass is 31.1. The van der Waals surface area contributed by atoms with E-state index in [0.717, 1.165) is 45.1 Å². The molecule has 1 rings (SSSR count). The van der Waals surface area contributed by atoms with E-state index in [1.165, 1.54) is 4.90 Å². The molecule has 1 saturated heterocycles. The van der Waals surface area contributed by atoms with Crippen LogP contribution in [0.25, 0.3) is 0 Å². The summed E-state index contributed by atoms with van der Waals surface area (Å²) in [7, 11) is -2.11. The minimum Gasteiger partial charge on any atom is -0.480 e. The van der Waals surface area contributed by atoms with Crippen molar-refractivity contribution in [2.24, 2.45) is 5.73 Å². The van der Waals surface area contributed by atoms with Crippen LogP contribution in [0.2, 0.25) is 0 Å².